The van der Waals surface area contributed by atoms with E-state index < -0.39 is 28.5 Å². The third-order valence-corrected chi connectivity index (χ3v) is 8.82. The molecule has 0 aliphatic rings. The van der Waals surface area contributed by atoms with Crippen LogP contribution in [0.15, 0.2) is 114 Å². The minimum absolute atomic E-state index is 0.0568. The Hall–Kier alpha value is -4.14. The lowest BCUT2D eigenvalue weighted by atomic mass is 10.0. The summed E-state index contributed by atoms with van der Waals surface area (Å²) in [7, 11) is -4.13. The van der Waals surface area contributed by atoms with Crippen molar-refractivity contribution in [3.8, 4) is 0 Å². The van der Waals surface area contributed by atoms with Crippen LogP contribution in [0.2, 0.25) is 5.02 Å². The lowest BCUT2D eigenvalue weighted by Gasteiger charge is -2.33. The van der Waals surface area contributed by atoms with Gasteiger partial charge in [0.25, 0.3) is 10.0 Å². The van der Waals surface area contributed by atoms with Crippen molar-refractivity contribution in [1.29, 1.82) is 0 Å². The number of aryl methyl sites for hydroxylation is 1. The molecule has 1 unspecified atom stereocenters. The Labute approximate surface area is 252 Å². The van der Waals surface area contributed by atoms with Crippen LogP contribution in [0.3, 0.4) is 0 Å². The molecule has 4 rings (SSSR count). The van der Waals surface area contributed by atoms with Crippen LogP contribution in [0.1, 0.15) is 23.6 Å². The number of nitrogens with zero attached hydrogens (tertiary/aromatic N) is 2. The summed E-state index contributed by atoms with van der Waals surface area (Å²) in [5.74, 6) is -0.855. The summed E-state index contributed by atoms with van der Waals surface area (Å²) in [4.78, 5) is 29.3. The fourth-order valence-corrected chi connectivity index (χ4v) is 6.27. The number of nitrogens with one attached hydrogen (secondary N) is 1. The second-order valence-corrected chi connectivity index (χ2v) is 12.2. The van der Waals surface area contributed by atoms with Crippen molar-refractivity contribution in [3.05, 3.63) is 131 Å². The molecule has 0 bridgehead atoms. The summed E-state index contributed by atoms with van der Waals surface area (Å²) >= 11 is 6.26. The molecule has 218 valence electrons. The molecule has 1 N–H and O–H groups in total. The van der Waals surface area contributed by atoms with E-state index in [4.69, 9.17) is 11.6 Å². The highest BCUT2D eigenvalue weighted by atomic mass is 35.5. The van der Waals surface area contributed by atoms with E-state index in [1.165, 1.54) is 17.0 Å². The van der Waals surface area contributed by atoms with Gasteiger partial charge in [-0.3, -0.25) is 13.9 Å². The van der Waals surface area contributed by atoms with Crippen molar-refractivity contribution in [2.75, 3.05) is 17.4 Å². The summed E-state index contributed by atoms with van der Waals surface area (Å²) in [5, 5.41) is 3.35. The standard InChI is InChI=1S/C33H34ClN3O4S/c1-3-35-33(39)31(22-26-11-6-4-7-12-26)36(23-27-13-10-14-28(34)21-27)32(38)24-37(29-15-8-5-9-16-29)42(40,41)30-19-17-25(2)18-20-30/h4-21,31H,3,22-24H2,1-2H3,(H,35,39). The van der Waals surface area contributed by atoms with E-state index in [0.29, 0.717) is 22.8 Å². The molecule has 9 heteroatoms. The molecule has 0 aromatic heterocycles. The van der Waals surface area contributed by atoms with E-state index in [9.17, 15) is 18.0 Å². The van der Waals surface area contributed by atoms with Crippen molar-refractivity contribution in [2.24, 2.45) is 0 Å². The van der Waals surface area contributed by atoms with Gasteiger partial charge in [-0.1, -0.05) is 90.0 Å². The SMILES string of the molecule is CCNC(=O)C(Cc1ccccc1)N(Cc1cccc(Cl)c1)C(=O)CN(c1ccccc1)S(=O)(=O)c1ccc(C)cc1. The molecule has 4 aromatic carbocycles. The highest BCUT2D eigenvalue weighted by molar-refractivity contribution is 7.92. The first kappa shape index (κ1) is 30.8. The third-order valence-electron chi connectivity index (χ3n) is 6.80. The van der Waals surface area contributed by atoms with E-state index in [1.54, 1.807) is 60.7 Å². The number of amides is 2. The topological polar surface area (TPSA) is 86.8 Å². The van der Waals surface area contributed by atoms with Crippen LogP contribution < -0.4 is 9.62 Å². The van der Waals surface area contributed by atoms with Crippen LogP contribution in [-0.2, 0) is 32.6 Å². The van der Waals surface area contributed by atoms with Gasteiger partial charge in [-0.25, -0.2) is 8.42 Å². The van der Waals surface area contributed by atoms with E-state index in [-0.39, 0.29) is 23.8 Å². The fourth-order valence-electron chi connectivity index (χ4n) is 4.64. The average molecular weight is 604 g/mol. The van der Waals surface area contributed by atoms with Crippen molar-refractivity contribution >= 4 is 39.1 Å². The fraction of sp³-hybridized carbons (Fsp3) is 0.212. The summed E-state index contributed by atoms with van der Waals surface area (Å²) < 4.78 is 29.0. The van der Waals surface area contributed by atoms with Crippen LogP contribution in [-0.4, -0.2) is 44.3 Å². The van der Waals surface area contributed by atoms with Crippen LogP contribution in [0.4, 0.5) is 5.69 Å². The molecule has 0 radical (unpaired) electrons. The van der Waals surface area contributed by atoms with Gasteiger partial charge in [0.15, 0.2) is 0 Å². The Kier molecular flexibility index (Phi) is 10.4. The molecule has 0 aliphatic carbocycles. The van der Waals surface area contributed by atoms with E-state index in [0.717, 1.165) is 15.4 Å². The number of sulfonamides is 1. The molecule has 1 atom stereocenters. The Balaban J connectivity index is 1.78. The predicted molar refractivity (Wildman–Crippen MR) is 167 cm³/mol. The number of anilines is 1. The average Bonchev–Trinajstić information content (AvgIpc) is 2.99. The first-order valence-electron chi connectivity index (χ1n) is 13.7. The monoisotopic (exact) mass is 603 g/mol. The number of rotatable bonds is 12. The molecule has 2 amide bonds. The largest absolute Gasteiger partial charge is 0.355 e. The van der Waals surface area contributed by atoms with E-state index >= 15 is 0 Å². The minimum Gasteiger partial charge on any atom is -0.355 e. The number of likely N-dealkylation sites (N-methyl/N-ethyl adjacent to an activating group) is 1. The first-order chi connectivity index (χ1) is 20.2. The zero-order chi connectivity index (χ0) is 30.1. The van der Waals surface area contributed by atoms with Gasteiger partial charge in [-0.05, 0) is 61.4 Å². The maximum atomic E-state index is 14.3. The molecular formula is C33H34ClN3O4S. The van der Waals surface area contributed by atoms with Gasteiger partial charge >= 0.3 is 0 Å². The Morgan fingerprint density at radius 3 is 2.07 bits per heavy atom. The van der Waals surface area contributed by atoms with Crippen LogP contribution >= 0.6 is 11.6 Å². The van der Waals surface area contributed by atoms with E-state index in [2.05, 4.69) is 5.32 Å². The second kappa shape index (κ2) is 14.2. The van der Waals surface area contributed by atoms with Crippen molar-refractivity contribution in [1.82, 2.24) is 10.2 Å². The van der Waals surface area contributed by atoms with Gasteiger partial charge in [0.2, 0.25) is 11.8 Å². The second-order valence-electron chi connectivity index (χ2n) is 9.91. The molecule has 42 heavy (non-hydrogen) atoms. The maximum Gasteiger partial charge on any atom is 0.264 e. The Morgan fingerprint density at radius 1 is 0.833 bits per heavy atom. The number of para-hydroxylation sites is 1. The smallest absolute Gasteiger partial charge is 0.264 e. The molecule has 0 heterocycles. The summed E-state index contributed by atoms with van der Waals surface area (Å²) in [5.41, 5.74) is 2.83. The lowest BCUT2D eigenvalue weighted by Crippen LogP contribution is -2.53. The molecule has 4 aromatic rings. The molecule has 0 spiro atoms. The highest BCUT2D eigenvalue weighted by Gasteiger charge is 2.34. The quantitative estimate of drug-likeness (QED) is 0.228. The number of carbonyl (C=O) groups is 2. The van der Waals surface area contributed by atoms with Crippen molar-refractivity contribution in [3.63, 3.8) is 0 Å². The maximum absolute atomic E-state index is 14.3. The lowest BCUT2D eigenvalue weighted by molar-refractivity contribution is -0.140. The zero-order valence-electron chi connectivity index (χ0n) is 23.6. The van der Waals surface area contributed by atoms with Crippen molar-refractivity contribution < 1.29 is 18.0 Å². The first-order valence-corrected chi connectivity index (χ1v) is 15.5. The summed E-state index contributed by atoms with van der Waals surface area (Å²) in [6.07, 6.45) is 0.245. The molecule has 0 aliphatic heterocycles. The molecule has 0 saturated heterocycles. The van der Waals surface area contributed by atoms with Gasteiger partial charge < -0.3 is 10.2 Å². The van der Waals surface area contributed by atoms with Gasteiger partial charge in [-0.15, -0.1) is 0 Å². The number of benzene rings is 4. The van der Waals surface area contributed by atoms with Crippen LogP contribution in [0, 0.1) is 6.92 Å². The van der Waals surface area contributed by atoms with Gasteiger partial charge in [0.05, 0.1) is 10.6 Å². The molecular weight excluding hydrogens is 570 g/mol. The molecule has 7 nitrogen and oxygen atoms in total. The zero-order valence-corrected chi connectivity index (χ0v) is 25.2. The molecule has 0 fully saturated rings. The van der Waals surface area contributed by atoms with Crippen molar-refractivity contribution in [2.45, 2.75) is 37.8 Å². The summed E-state index contributed by atoms with van der Waals surface area (Å²) in [6, 6.07) is 30.6. The number of carbonyl (C=O) groups excluding carboxylic acids is 2. The predicted octanol–water partition coefficient (Wildman–Crippen LogP) is 5.62. The van der Waals surface area contributed by atoms with Crippen LogP contribution in [0.5, 0.6) is 0 Å². The van der Waals surface area contributed by atoms with Crippen LogP contribution in [0.25, 0.3) is 0 Å². The Morgan fingerprint density at radius 2 is 1.45 bits per heavy atom. The number of hydrogen-bond acceptors (Lipinski definition) is 4. The molecule has 0 saturated carbocycles. The third kappa shape index (κ3) is 7.78. The number of halogens is 1. The summed E-state index contributed by atoms with van der Waals surface area (Å²) in [6.45, 7) is 3.61. The number of hydrogen-bond donors (Lipinski definition) is 1. The van der Waals surface area contributed by atoms with Gasteiger partial charge in [-0.2, -0.15) is 0 Å². The van der Waals surface area contributed by atoms with Gasteiger partial charge in [0, 0.05) is 24.5 Å². The highest BCUT2D eigenvalue weighted by Crippen LogP contribution is 2.25. The minimum atomic E-state index is -4.13. The van der Waals surface area contributed by atoms with Gasteiger partial charge in [0.1, 0.15) is 12.6 Å². The van der Waals surface area contributed by atoms with E-state index in [1.807, 2.05) is 50.2 Å². The Bertz CT molecular complexity index is 1600. The normalized spacial score (nSPS) is 11.9.